The van der Waals surface area contributed by atoms with Crippen molar-refractivity contribution < 1.29 is 19.6 Å². The van der Waals surface area contributed by atoms with E-state index in [0.29, 0.717) is 0 Å². The number of rotatable bonds is 7. The van der Waals surface area contributed by atoms with Crippen LogP contribution in [0.4, 0.5) is 11.4 Å². The Labute approximate surface area is 125 Å². The van der Waals surface area contributed by atoms with Gasteiger partial charge in [-0.25, -0.2) is 0 Å². The summed E-state index contributed by atoms with van der Waals surface area (Å²) < 4.78 is 0. The molecule has 0 bridgehead atoms. The van der Waals surface area contributed by atoms with E-state index in [2.05, 4.69) is 10.6 Å². The van der Waals surface area contributed by atoms with E-state index in [1.807, 2.05) is 0 Å². The molecular weight excluding hydrogens is 292 g/mol. The third kappa shape index (κ3) is 4.93. The number of para-hydroxylation sites is 2. The highest BCUT2D eigenvalue weighted by molar-refractivity contribution is 6.07. The van der Waals surface area contributed by atoms with Crippen LogP contribution in [0.2, 0.25) is 0 Å². The number of aliphatic carboxylic acids is 1. The van der Waals surface area contributed by atoms with Crippen LogP contribution in [0.25, 0.3) is 0 Å². The highest BCUT2D eigenvalue weighted by Crippen LogP contribution is 2.23. The average molecular weight is 304 g/mol. The second kappa shape index (κ2) is 8.01. The summed E-state index contributed by atoms with van der Waals surface area (Å²) in [5.74, 6) is -1.86. The van der Waals surface area contributed by atoms with E-state index in [-0.39, 0.29) is 29.9 Å². The number of hydrogen-bond acceptors (Lipinski definition) is 6. The van der Waals surface area contributed by atoms with Gasteiger partial charge in [-0.2, -0.15) is 5.26 Å². The first kappa shape index (κ1) is 16.6. The van der Waals surface area contributed by atoms with Crippen LogP contribution in [0.3, 0.4) is 0 Å². The summed E-state index contributed by atoms with van der Waals surface area (Å²) in [6.07, 6.45) is 0.883. The number of carboxylic acids is 1. The predicted molar refractivity (Wildman–Crippen MR) is 75.7 cm³/mol. The fourth-order valence-corrected chi connectivity index (χ4v) is 1.43. The second-order valence-electron chi connectivity index (χ2n) is 4.00. The Morgan fingerprint density at radius 3 is 2.68 bits per heavy atom. The van der Waals surface area contributed by atoms with Gasteiger partial charge in [-0.3, -0.25) is 19.7 Å². The molecule has 1 aromatic rings. The average Bonchev–Trinajstić information content (AvgIpc) is 2.47. The fraction of sp³-hybridized carbons (Fsp3) is 0.154. The van der Waals surface area contributed by atoms with E-state index >= 15 is 0 Å². The lowest BCUT2D eigenvalue weighted by Crippen LogP contribution is -2.18. The molecule has 0 spiro atoms. The van der Waals surface area contributed by atoms with Crippen molar-refractivity contribution in [1.29, 1.82) is 5.26 Å². The van der Waals surface area contributed by atoms with Crippen LogP contribution < -0.4 is 10.6 Å². The van der Waals surface area contributed by atoms with E-state index in [1.165, 1.54) is 24.3 Å². The van der Waals surface area contributed by atoms with Gasteiger partial charge in [0.2, 0.25) is 0 Å². The number of carbonyl (C=O) groups excluding carboxylic acids is 1. The van der Waals surface area contributed by atoms with E-state index in [4.69, 9.17) is 10.4 Å². The molecule has 0 aliphatic carbocycles. The number of nitro benzene ring substituents is 1. The summed E-state index contributed by atoms with van der Waals surface area (Å²) in [5, 5.41) is 32.9. The highest BCUT2D eigenvalue weighted by Gasteiger charge is 2.16. The number of nitrogens with one attached hydrogen (secondary N) is 2. The standard InChI is InChI=1S/C13H12N4O5/c14-7-9(8-15-6-5-12(18)19)13(20)16-10-3-1-2-4-11(10)17(21)22/h1-4,8,15H,5-6H2,(H,16,20)(H,18,19)/b9-8-. The maximum absolute atomic E-state index is 11.9. The van der Waals surface area contributed by atoms with Crippen molar-refractivity contribution >= 4 is 23.3 Å². The zero-order chi connectivity index (χ0) is 16.5. The first-order valence-corrected chi connectivity index (χ1v) is 6.06. The Bertz CT molecular complexity index is 663. The molecule has 9 heteroatoms. The van der Waals surface area contributed by atoms with Crippen LogP contribution >= 0.6 is 0 Å². The molecule has 0 radical (unpaired) electrons. The zero-order valence-electron chi connectivity index (χ0n) is 11.3. The van der Waals surface area contributed by atoms with Gasteiger partial charge < -0.3 is 15.7 Å². The highest BCUT2D eigenvalue weighted by atomic mass is 16.6. The number of carbonyl (C=O) groups is 2. The molecule has 3 N–H and O–H groups in total. The number of anilines is 1. The van der Waals surface area contributed by atoms with Crippen LogP contribution in [-0.2, 0) is 9.59 Å². The van der Waals surface area contributed by atoms with Crippen LogP contribution in [0.1, 0.15) is 6.42 Å². The minimum Gasteiger partial charge on any atom is -0.481 e. The lowest BCUT2D eigenvalue weighted by Gasteiger charge is -2.05. The largest absolute Gasteiger partial charge is 0.481 e. The molecule has 22 heavy (non-hydrogen) atoms. The summed E-state index contributed by atoms with van der Waals surface area (Å²) in [7, 11) is 0. The zero-order valence-corrected chi connectivity index (χ0v) is 11.3. The molecule has 0 saturated carbocycles. The van der Waals surface area contributed by atoms with Gasteiger partial charge in [-0.05, 0) is 6.07 Å². The Balaban J connectivity index is 2.78. The van der Waals surface area contributed by atoms with Crippen molar-refractivity contribution in [3.05, 3.63) is 46.2 Å². The summed E-state index contributed by atoms with van der Waals surface area (Å²) >= 11 is 0. The van der Waals surface area contributed by atoms with Crippen molar-refractivity contribution in [1.82, 2.24) is 5.32 Å². The third-order valence-corrected chi connectivity index (χ3v) is 2.44. The van der Waals surface area contributed by atoms with E-state index in [9.17, 15) is 19.7 Å². The Kier molecular flexibility index (Phi) is 6.06. The minimum absolute atomic E-state index is 0.0378. The van der Waals surface area contributed by atoms with Crippen LogP contribution in [-0.4, -0.2) is 28.5 Å². The number of carboxylic acid groups (broad SMARTS) is 1. The van der Waals surface area contributed by atoms with Crippen LogP contribution in [0.15, 0.2) is 36.0 Å². The van der Waals surface area contributed by atoms with E-state index in [1.54, 1.807) is 6.07 Å². The number of hydrogen-bond donors (Lipinski definition) is 3. The summed E-state index contributed by atoms with van der Waals surface area (Å²) in [5.41, 5.74) is -0.667. The van der Waals surface area contributed by atoms with Gasteiger partial charge >= 0.3 is 5.97 Å². The minimum atomic E-state index is -1.02. The molecule has 0 unspecified atom stereocenters. The van der Waals surface area contributed by atoms with E-state index in [0.717, 1.165) is 6.20 Å². The maximum Gasteiger partial charge on any atom is 0.305 e. The molecule has 0 atom stereocenters. The lowest BCUT2D eigenvalue weighted by molar-refractivity contribution is -0.383. The number of nitriles is 1. The quantitative estimate of drug-likeness (QED) is 0.224. The van der Waals surface area contributed by atoms with Crippen LogP contribution in [0.5, 0.6) is 0 Å². The van der Waals surface area contributed by atoms with Gasteiger partial charge in [-0.15, -0.1) is 0 Å². The normalized spacial score (nSPS) is 10.4. The monoisotopic (exact) mass is 304 g/mol. The molecule has 1 aromatic carbocycles. The van der Waals surface area contributed by atoms with Crippen molar-refractivity contribution in [2.24, 2.45) is 0 Å². The Hall–Kier alpha value is -3.41. The summed E-state index contributed by atoms with van der Waals surface area (Å²) in [6.45, 7) is 0.0410. The summed E-state index contributed by atoms with van der Waals surface area (Å²) in [4.78, 5) is 32.4. The molecule has 114 valence electrons. The molecule has 1 amide bonds. The van der Waals surface area contributed by atoms with E-state index < -0.39 is 16.8 Å². The second-order valence-corrected chi connectivity index (χ2v) is 4.00. The van der Waals surface area contributed by atoms with Gasteiger partial charge in [0, 0.05) is 18.8 Å². The first-order valence-electron chi connectivity index (χ1n) is 6.06. The number of nitro groups is 1. The molecule has 0 heterocycles. The SMILES string of the molecule is N#C/C(=C/NCCC(=O)O)C(=O)Nc1ccccc1[N+](=O)[O-]. The molecular formula is C13H12N4O5. The molecule has 1 rings (SSSR count). The molecule has 9 nitrogen and oxygen atoms in total. The first-order chi connectivity index (χ1) is 10.5. The molecule has 0 aliphatic rings. The van der Waals surface area contributed by atoms with Gasteiger partial charge in [0.15, 0.2) is 0 Å². The Morgan fingerprint density at radius 1 is 1.41 bits per heavy atom. The maximum atomic E-state index is 11.9. The predicted octanol–water partition coefficient (Wildman–Crippen LogP) is 1.01. The van der Waals surface area contributed by atoms with Gasteiger partial charge in [-0.1, -0.05) is 12.1 Å². The third-order valence-electron chi connectivity index (χ3n) is 2.44. The number of amides is 1. The molecule has 0 aromatic heterocycles. The topological polar surface area (TPSA) is 145 Å². The Morgan fingerprint density at radius 2 is 2.09 bits per heavy atom. The van der Waals surface area contributed by atoms with Crippen molar-refractivity contribution in [2.75, 3.05) is 11.9 Å². The van der Waals surface area contributed by atoms with Crippen LogP contribution in [0, 0.1) is 21.4 Å². The molecule has 0 fully saturated rings. The van der Waals surface area contributed by atoms with Gasteiger partial charge in [0.1, 0.15) is 17.3 Å². The van der Waals surface area contributed by atoms with Crippen molar-refractivity contribution in [3.8, 4) is 6.07 Å². The lowest BCUT2D eigenvalue weighted by atomic mass is 10.2. The van der Waals surface area contributed by atoms with Gasteiger partial charge in [0.25, 0.3) is 11.6 Å². The fourth-order valence-electron chi connectivity index (χ4n) is 1.43. The molecule has 0 aliphatic heterocycles. The van der Waals surface area contributed by atoms with Crippen molar-refractivity contribution in [3.63, 3.8) is 0 Å². The smallest absolute Gasteiger partial charge is 0.305 e. The van der Waals surface area contributed by atoms with Gasteiger partial charge in [0.05, 0.1) is 11.3 Å². The number of nitrogens with zero attached hydrogens (tertiary/aromatic N) is 2. The number of benzene rings is 1. The molecule has 0 saturated heterocycles. The summed E-state index contributed by atoms with van der Waals surface area (Å²) in [6, 6.07) is 7.13. The van der Waals surface area contributed by atoms with Crippen molar-refractivity contribution in [2.45, 2.75) is 6.42 Å².